The van der Waals surface area contributed by atoms with Crippen LogP contribution in [0.5, 0.6) is 5.75 Å². The van der Waals surface area contributed by atoms with E-state index in [0.717, 1.165) is 0 Å². The summed E-state index contributed by atoms with van der Waals surface area (Å²) in [6, 6.07) is 5.89. The molecular weight excluding hydrogens is 298 g/mol. The van der Waals surface area contributed by atoms with Crippen molar-refractivity contribution >= 4 is 16.1 Å². The number of aromatic nitrogens is 1. The molecule has 0 atom stereocenters. The Balaban J connectivity index is 2.45. The molecule has 0 radical (unpaired) electrons. The summed E-state index contributed by atoms with van der Waals surface area (Å²) >= 11 is 0. The molecule has 0 spiro atoms. The first-order valence-electron chi connectivity index (χ1n) is 5.91. The van der Waals surface area contributed by atoms with Crippen LogP contribution >= 0.6 is 0 Å². The number of ether oxygens (including phenoxy) is 1. The number of benzene rings is 1. The van der Waals surface area contributed by atoms with Gasteiger partial charge in [0.1, 0.15) is 11.3 Å². The summed E-state index contributed by atoms with van der Waals surface area (Å²) in [6.45, 7) is 2.95. The van der Waals surface area contributed by atoms with E-state index in [-0.39, 0.29) is 27.7 Å². The minimum atomic E-state index is -4.16. The third-order valence-corrected chi connectivity index (χ3v) is 4.19. The van der Waals surface area contributed by atoms with Gasteiger partial charge in [-0.15, -0.1) is 0 Å². The SMILES string of the molecule is COC(=O)c1ccccc1OS(=O)(=O)c1c(C)noc1C. The lowest BCUT2D eigenvalue weighted by Crippen LogP contribution is -2.14. The number of esters is 1. The van der Waals surface area contributed by atoms with Gasteiger partial charge in [0.2, 0.25) is 0 Å². The maximum Gasteiger partial charge on any atom is 0.344 e. The van der Waals surface area contributed by atoms with E-state index in [1.807, 2.05) is 0 Å². The second-order valence-electron chi connectivity index (χ2n) is 4.18. The zero-order valence-corrected chi connectivity index (χ0v) is 12.4. The molecule has 1 aromatic heterocycles. The summed E-state index contributed by atoms with van der Waals surface area (Å²) in [5.74, 6) is -0.702. The van der Waals surface area contributed by atoms with Gasteiger partial charge in [0.15, 0.2) is 16.4 Å². The van der Waals surface area contributed by atoms with Crippen LogP contribution < -0.4 is 4.18 Å². The molecule has 21 heavy (non-hydrogen) atoms. The molecule has 1 aromatic carbocycles. The zero-order chi connectivity index (χ0) is 15.6. The average molecular weight is 311 g/mol. The van der Waals surface area contributed by atoms with Crippen molar-refractivity contribution in [1.82, 2.24) is 5.16 Å². The normalized spacial score (nSPS) is 11.2. The van der Waals surface area contributed by atoms with Crippen LogP contribution in [0.4, 0.5) is 0 Å². The number of para-hydroxylation sites is 1. The summed E-state index contributed by atoms with van der Waals surface area (Å²) in [6.07, 6.45) is 0. The molecule has 0 aliphatic carbocycles. The molecule has 0 unspecified atom stereocenters. The molecule has 112 valence electrons. The molecule has 0 saturated heterocycles. The third-order valence-electron chi connectivity index (χ3n) is 2.71. The molecule has 1 heterocycles. The van der Waals surface area contributed by atoms with Gasteiger partial charge in [-0.1, -0.05) is 17.3 Å². The minimum Gasteiger partial charge on any atom is -0.465 e. The van der Waals surface area contributed by atoms with E-state index < -0.39 is 16.1 Å². The molecule has 8 heteroatoms. The summed E-state index contributed by atoms with van der Waals surface area (Å²) in [5, 5.41) is 3.57. The zero-order valence-electron chi connectivity index (χ0n) is 11.6. The highest BCUT2D eigenvalue weighted by Crippen LogP contribution is 2.26. The molecular formula is C13H13NO6S. The van der Waals surface area contributed by atoms with E-state index in [0.29, 0.717) is 0 Å². The number of hydrogen-bond donors (Lipinski definition) is 0. The van der Waals surface area contributed by atoms with Gasteiger partial charge in [-0.25, -0.2) is 4.79 Å². The van der Waals surface area contributed by atoms with Gasteiger partial charge in [0.05, 0.1) is 7.11 Å². The van der Waals surface area contributed by atoms with Gasteiger partial charge in [-0.2, -0.15) is 8.42 Å². The average Bonchev–Trinajstić information content (AvgIpc) is 2.78. The van der Waals surface area contributed by atoms with E-state index >= 15 is 0 Å². The van der Waals surface area contributed by atoms with Crippen molar-refractivity contribution < 1.29 is 26.7 Å². The van der Waals surface area contributed by atoms with Crippen molar-refractivity contribution in [2.75, 3.05) is 7.11 Å². The number of nitrogens with zero attached hydrogens (tertiary/aromatic N) is 1. The molecule has 2 rings (SSSR count). The number of carbonyl (C=O) groups excluding carboxylic acids is 1. The van der Waals surface area contributed by atoms with E-state index in [9.17, 15) is 13.2 Å². The van der Waals surface area contributed by atoms with E-state index in [1.165, 1.54) is 33.1 Å². The molecule has 0 aliphatic heterocycles. The first-order valence-corrected chi connectivity index (χ1v) is 7.32. The van der Waals surface area contributed by atoms with Crippen LogP contribution in [0.25, 0.3) is 0 Å². The molecule has 0 bridgehead atoms. The number of methoxy groups -OCH3 is 1. The summed E-state index contributed by atoms with van der Waals surface area (Å²) in [7, 11) is -2.96. The fourth-order valence-electron chi connectivity index (χ4n) is 1.81. The molecule has 2 aromatic rings. The smallest absolute Gasteiger partial charge is 0.344 e. The second-order valence-corrected chi connectivity index (χ2v) is 5.66. The molecule has 0 fully saturated rings. The van der Waals surface area contributed by atoms with Crippen LogP contribution in [0.15, 0.2) is 33.7 Å². The van der Waals surface area contributed by atoms with Crippen molar-refractivity contribution in [2.45, 2.75) is 18.7 Å². The third kappa shape index (κ3) is 2.89. The van der Waals surface area contributed by atoms with Crippen LogP contribution in [0, 0.1) is 13.8 Å². The predicted octanol–water partition coefficient (Wildman–Crippen LogP) is 1.85. The van der Waals surface area contributed by atoms with E-state index in [2.05, 4.69) is 9.89 Å². The van der Waals surface area contributed by atoms with Gasteiger partial charge in [0.25, 0.3) is 0 Å². The number of hydrogen-bond acceptors (Lipinski definition) is 7. The summed E-state index contributed by atoms with van der Waals surface area (Å²) < 4.78 is 39.0. The number of rotatable bonds is 4. The molecule has 0 saturated carbocycles. The van der Waals surface area contributed by atoms with Gasteiger partial charge >= 0.3 is 16.1 Å². The topological polar surface area (TPSA) is 95.7 Å². The Bertz CT molecular complexity index is 758. The van der Waals surface area contributed by atoms with Crippen LogP contribution in [-0.2, 0) is 14.9 Å². The first-order chi connectivity index (χ1) is 9.86. The number of carbonyl (C=O) groups is 1. The molecule has 0 N–H and O–H groups in total. The maximum absolute atomic E-state index is 12.3. The second kappa shape index (κ2) is 5.57. The van der Waals surface area contributed by atoms with Crippen molar-refractivity contribution in [3.8, 4) is 5.75 Å². The van der Waals surface area contributed by atoms with Gasteiger partial charge in [0, 0.05) is 0 Å². The van der Waals surface area contributed by atoms with Crippen LogP contribution in [0.2, 0.25) is 0 Å². The predicted molar refractivity (Wildman–Crippen MR) is 71.6 cm³/mol. The fourth-order valence-corrected chi connectivity index (χ4v) is 3.06. The van der Waals surface area contributed by atoms with Crippen LogP contribution in [0.3, 0.4) is 0 Å². The molecule has 7 nitrogen and oxygen atoms in total. The molecule has 0 amide bonds. The molecule has 0 aliphatic rings. The van der Waals surface area contributed by atoms with Crippen LogP contribution in [-0.4, -0.2) is 26.7 Å². The largest absolute Gasteiger partial charge is 0.465 e. The Morgan fingerprint density at radius 2 is 1.90 bits per heavy atom. The lowest BCUT2D eigenvalue weighted by atomic mass is 10.2. The highest BCUT2D eigenvalue weighted by molar-refractivity contribution is 7.87. The highest BCUT2D eigenvalue weighted by atomic mass is 32.2. The van der Waals surface area contributed by atoms with Crippen molar-refractivity contribution in [1.29, 1.82) is 0 Å². The number of aryl methyl sites for hydroxylation is 2. The highest BCUT2D eigenvalue weighted by Gasteiger charge is 2.28. The van der Waals surface area contributed by atoms with Gasteiger partial charge < -0.3 is 13.4 Å². The minimum absolute atomic E-state index is 0.00957. The standard InChI is InChI=1S/C13H13NO6S/c1-8-12(9(2)19-14-8)21(16,17)20-11-7-5-4-6-10(11)13(15)18-3/h4-7H,1-3H3. The van der Waals surface area contributed by atoms with Gasteiger partial charge in [-0.3, -0.25) is 0 Å². The van der Waals surface area contributed by atoms with Gasteiger partial charge in [-0.05, 0) is 26.0 Å². The lowest BCUT2D eigenvalue weighted by Gasteiger charge is -2.09. The van der Waals surface area contributed by atoms with Crippen molar-refractivity contribution in [3.05, 3.63) is 41.3 Å². The van der Waals surface area contributed by atoms with E-state index in [1.54, 1.807) is 12.1 Å². The Morgan fingerprint density at radius 3 is 2.48 bits per heavy atom. The van der Waals surface area contributed by atoms with E-state index in [4.69, 9.17) is 8.71 Å². The monoisotopic (exact) mass is 311 g/mol. The summed E-state index contributed by atoms with van der Waals surface area (Å²) in [4.78, 5) is 11.5. The quantitative estimate of drug-likeness (QED) is 0.628. The lowest BCUT2D eigenvalue weighted by molar-refractivity contribution is 0.0599. The van der Waals surface area contributed by atoms with Crippen molar-refractivity contribution in [3.63, 3.8) is 0 Å². The Morgan fingerprint density at radius 1 is 1.24 bits per heavy atom. The summed E-state index contributed by atoms with van der Waals surface area (Å²) in [5.41, 5.74) is 0.193. The maximum atomic E-state index is 12.3. The Hall–Kier alpha value is -2.35. The fraction of sp³-hybridized carbons (Fsp3) is 0.231. The van der Waals surface area contributed by atoms with Crippen LogP contribution in [0.1, 0.15) is 21.8 Å². The Kier molecular flexibility index (Phi) is 3.99. The Labute approximate surface area is 121 Å². The first kappa shape index (κ1) is 15.0. The van der Waals surface area contributed by atoms with Crippen molar-refractivity contribution in [2.24, 2.45) is 0 Å².